The normalized spacial score (nSPS) is 19.3. The van der Waals surface area contributed by atoms with E-state index in [1.54, 1.807) is 13.8 Å². The van der Waals surface area contributed by atoms with E-state index in [0.717, 1.165) is 25.7 Å². The molecule has 1 saturated carbocycles. The van der Waals surface area contributed by atoms with Gasteiger partial charge in [0.05, 0.1) is 12.0 Å². The first kappa shape index (κ1) is 15.8. The maximum Gasteiger partial charge on any atom is 0.315 e. The molecule has 0 spiro atoms. The van der Waals surface area contributed by atoms with E-state index in [1.165, 1.54) is 19.3 Å². The number of hydrogen-bond acceptors (Lipinski definition) is 3. The van der Waals surface area contributed by atoms with Gasteiger partial charge in [0.25, 0.3) is 0 Å². The lowest BCUT2D eigenvalue weighted by Gasteiger charge is -2.26. The zero-order valence-electron chi connectivity index (χ0n) is 11.9. The standard InChI is InChI=1S/C14H26N2O3/c1-10(2)12(13(17)18)16-14(19)15-11-8-6-4-3-5-7-9-11/h10-12H,3-9H2,1-2H3,(H,17,18)(H2,15,16,19)/p-1/t12-/m0/s1. The highest BCUT2D eigenvalue weighted by Crippen LogP contribution is 2.17. The molecule has 0 unspecified atom stereocenters. The maximum absolute atomic E-state index is 11.8. The van der Waals surface area contributed by atoms with Crippen molar-refractivity contribution in [1.29, 1.82) is 0 Å². The van der Waals surface area contributed by atoms with Gasteiger partial charge in [0, 0.05) is 6.04 Å². The molecule has 0 saturated heterocycles. The summed E-state index contributed by atoms with van der Waals surface area (Å²) in [6.45, 7) is 3.49. The summed E-state index contributed by atoms with van der Waals surface area (Å²) in [6.07, 6.45) is 7.91. The Labute approximate surface area is 115 Å². The Kier molecular flexibility index (Phi) is 6.67. The first-order valence-electron chi connectivity index (χ1n) is 7.28. The van der Waals surface area contributed by atoms with E-state index in [0.29, 0.717) is 0 Å². The number of rotatable bonds is 4. The molecule has 5 nitrogen and oxygen atoms in total. The van der Waals surface area contributed by atoms with Crippen molar-refractivity contribution in [3.8, 4) is 0 Å². The highest BCUT2D eigenvalue weighted by molar-refractivity contribution is 5.81. The first-order chi connectivity index (χ1) is 9.00. The molecule has 110 valence electrons. The predicted molar refractivity (Wildman–Crippen MR) is 71.4 cm³/mol. The zero-order valence-corrected chi connectivity index (χ0v) is 11.9. The second-order valence-electron chi connectivity index (χ2n) is 5.70. The van der Waals surface area contributed by atoms with Crippen LogP contribution < -0.4 is 15.7 Å². The van der Waals surface area contributed by atoms with Crippen LogP contribution in [-0.2, 0) is 4.79 Å². The third kappa shape index (κ3) is 5.94. The molecule has 1 atom stereocenters. The van der Waals surface area contributed by atoms with Gasteiger partial charge < -0.3 is 20.5 Å². The molecular weight excluding hydrogens is 244 g/mol. The van der Waals surface area contributed by atoms with Gasteiger partial charge in [0.1, 0.15) is 0 Å². The van der Waals surface area contributed by atoms with Crippen LogP contribution >= 0.6 is 0 Å². The molecule has 1 aliphatic carbocycles. The first-order valence-corrected chi connectivity index (χ1v) is 7.28. The fourth-order valence-electron chi connectivity index (χ4n) is 2.47. The molecule has 1 fully saturated rings. The summed E-state index contributed by atoms with van der Waals surface area (Å²) in [5, 5.41) is 16.3. The van der Waals surface area contributed by atoms with Gasteiger partial charge in [-0.1, -0.05) is 46.0 Å². The van der Waals surface area contributed by atoms with E-state index in [9.17, 15) is 14.7 Å². The Balaban J connectivity index is 2.41. The van der Waals surface area contributed by atoms with Crippen molar-refractivity contribution in [3.63, 3.8) is 0 Å². The van der Waals surface area contributed by atoms with Gasteiger partial charge in [-0.05, 0) is 18.8 Å². The van der Waals surface area contributed by atoms with Crippen molar-refractivity contribution in [2.75, 3.05) is 0 Å². The van der Waals surface area contributed by atoms with E-state index in [-0.39, 0.29) is 12.0 Å². The minimum Gasteiger partial charge on any atom is -0.548 e. The number of nitrogens with one attached hydrogen (secondary N) is 2. The monoisotopic (exact) mass is 269 g/mol. The van der Waals surface area contributed by atoms with Gasteiger partial charge >= 0.3 is 6.03 Å². The maximum atomic E-state index is 11.8. The van der Waals surface area contributed by atoms with Crippen LogP contribution in [0.5, 0.6) is 0 Å². The van der Waals surface area contributed by atoms with Crippen LogP contribution in [0.25, 0.3) is 0 Å². The minimum atomic E-state index is -1.23. The summed E-state index contributed by atoms with van der Waals surface area (Å²) in [5.41, 5.74) is 0. The summed E-state index contributed by atoms with van der Waals surface area (Å²) in [6, 6.07) is -1.17. The number of aliphatic carboxylic acids is 1. The predicted octanol–water partition coefficient (Wildman–Crippen LogP) is 1.17. The van der Waals surface area contributed by atoms with E-state index in [1.807, 2.05) is 0 Å². The Bertz CT molecular complexity index is 297. The smallest absolute Gasteiger partial charge is 0.315 e. The van der Waals surface area contributed by atoms with E-state index >= 15 is 0 Å². The van der Waals surface area contributed by atoms with Crippen LogP contribution in [0.4, 0.5) is 4.79 Å². The SMILES string of the molecule is CC(C)[C@H](NC(=O)NC1CCCCCCC1)C(=O)[O-]. The van der Waals surface area contributed by atoms with E-state index in [4.69, 9.17) is 0 Å². The van der Waals surface area contributed by atoms with Crippen molar-refractivity contribution in [2.45, 2.75) is 70.9 Å². The lowest BCUT2D eigenvalue weighted by molar-refractivity contribution is -0.309. The van der Waals surface area contributed by atoms with E-state index in [2.05, 4.69) is 10.6 Å². The molecule has 2 N–H and O–H groups in total. The molecule has 1 aliphatic rings. The fourth-order valence-corrected chi connectivity index (χ4v) is 2.47. The minimum absolute atomic E-state index is 0.162. The Morgan fingerprint density at radius 1 is 1.05 bits per heavy atom. The van der Waals surface area contributed by atoms with Crippen LogP contribution in [-0.4, -0.2) is 24.1 Å². The Morgan fingerprint density at radius 3 is 2.05 bits per heavy atom. The third-order valence-electron chi connectivity index (χ3n) is 3.65. The van der Waals surface area contributed by atoms with Gasteiger partial charge in [-0.15, -0.1) is 0 Å². The number of carboxylic acids is 1. The number of carbonyl (C=O) groups excluding carboxylic acids is 2. The Hall–Kier alpha value is -1.26. The fraction of sp³-hybridized carbons (Fsp3) is 0.857. The molecule has 0 aliphatic heterocycles. The van der Waals surface area contributed by atoms with Crippen LogP contribution in [0.2, 0.25) is 0 Å². The lowest BCUT2D eigenvalue weighted by Crippen LogP contribution is -2.54. The molecule has 0 aromatic rings. The van der Waals surface area contributed by atoms with Gasteiger partial charge in [0.2, 0.25) is 0 Å². The van der Waals surface area contributed by atoms with Crippen molar-refractivity contribution >= 4 is 12.0 Å². The largest absolute Gasteiger partial charge is 0.548 e. The van der Waals surface area contributed by atoms with Crippen LogP contribution in [0, 0.1) is 5.92 Å². The summed E-state index contributed by atoms with van der Waals surface area (Å²) < 4.78 is 0. The van der Waals surface area contributed by atoms with Gasteiger partial charge in [0.15, 0.2) is 0 Å². The number of carbonyl (C=O) groups is 2. The number of amides is 2. The molecule has 1 rings (SSSR count). The average molecular weight is 269 g/mol. The zero-order chi connectivity index (χ0) is 14.3. The molecule has 0 bridgehead atoms. The van der Waals surface area contributed by atoms with Crippen LogP contribution in [0.15, 0.2) is 0 Å². The van der Waals surface area contributed by atoms with Crippen LogP contribution in [0.1, 0.15) is 58.8 Å². The topological polar surface area (TPSA) is 81.3 Å². The van der Waals surface area contributed by atoms with Gasteiger partial charge in [-0.3, -0.25) is 0 Å². The molecule has 0 aromatic carbocycles. The van der Waals surface area contributed by atoms with Crippen molar-refractivity contribution in [1.82, 2.24) is 10.6 Å². The molecule has 19 heavy (non-hydrogen) atoms. The molecule has 0 radical (unpaired) electrons. The Morgan fingerprint density at radius 2 is 1.58 bits per heavy atom. The number of urea groups is 1. The van der Waals surface area contributed by atoms with Crippen molar-refractivity contribution < 1.29 is 14.7 Å². The number of carboxylic acid groups (broad SMARTS) is 1. The quantitative estimate of drug-likeness (QED) is 0.804. The molecular formula is C14H25N2O3-. The summed E-state index contributed by atoms with van der Waals surface area (Å²) >= 11 is 0. The average Bonchev–Trinajstić information content (AvgIpc) is 2.28. The summed E-state index contributed by atoms with van der Waals surface area (Å²) in [7, 11) is 0. The highest BCUT2D eigenvalue weighted by Gasteiger charge is 2.19. The van der Waals surface area contributed by atoms with E-state index < -0.39 is 18.0 Å². The van der Waals surface area contributed by atoms with Crippen LogP contribution in [0.3, 0.4) is 0 Å². The molecule has 0 aromatic heterocycles. The molecule has 0 heterocycles. The number of hydrogen-bond donors (Lipinski definition) is 2. The second kappa shape index (κ2) is 8.02. The summed E-state index contributed by atoms with van der Waals surface area (Å²) in [4.78, 5) is 22.7. The summed E-state index contributed by atoms with van der Waals surface area (Å²) in [5.74, 6) is -1.42. The molecule has 2 amide bonds. The lowest BCUT2D eigenvalue weighted by atomic mass is 9.97. The van der Waals surface area contributed by atoms with Crippen molar-refractivity contribution in [3.05, 3.63) is 0 Å². The highest BCUT2D eigenvalue weighted by atomic mass is 16.4. The third-order valence-corrected chi connectivity index (χ3v) is 3.65. The second-order valence-corrected chi connectivity index (χ2v) is 5.70. The molecule has 5 heteroatoms. The van der Waals surface area contributed by atoms with Gasteiger partial charge in [-0.25, -0.2) is 4.79 Å². The van der Waals surface area contributed by atoms with Gasteiger partial charge in [-0.2, -0.15) is 0 Å². The van der Waals surface area contributed by atoms with Crippen molar-refractivity contribution in [2.24, 2.45) is 5.92 Å².